The van der Waals surface area contributed by atoms with Gasteiger partial charge in [-0.15, -0.1) is 0 Å². The maximum Gasteiger partial charge on any atom is 0.419 e. The summed E-state index contributed by atoms with van der Waals surface area (Å²) in [4.78, 5) is 27.2. The predicted molar refractivity (Wildman–Crippen MR) is 120 cm³/mol. The Kier molecular flexibility index (Phi) is 6.41. The lowest BCUT2D eigenvalue weighted by Gasteiger charge is -2.31. The Balaban J connectivity index is 1.49. The first-order chi connectivity index (χ1) is 16.1. The minimum absolute atomic E-state index is 0.0678. The number of carbonyl (C=O) groups excluding carboxylic acids is 2. The molecule has 0 saturated heterocycles. The monoisotopic (exact) mass is 470 g/mol. The first-order valence-corrected chi connectivity index (χ1v) is 10.7. The van der Waals surface area contributed by atoms with Crippen molar-refractivity contribution < 1.29 is 27.2 Å². The summed E-state index contributed by atoms with van der Waals surface area (Å²) in [5, 5.41) is 2.84. The molecule has 34 heavy (non-hydrogen) atoms. The average Bonchev–Trinajstić information content (AvgIpc) is 2.80. The Hall–Kier alpha value is -3.68. The summed E-state index contributed by atoms with van der Waals surface area (Å²) in [5.41, 5.74) is 2.68. The number of hydrogen-bond donors (Lipinski definition) is 1. The van der Waals surface area contributed by atoms with Crippen LogP contribution in [-0.4, -0.2) is 23.3 Å². The molecule has 1 N–H and O–H groups in total. The number of nitrogens with zero attached hydrogens (tertiary/aromatic N) is 1. The van der Waals surface area contributed by atoms with E-state index >= 15 is 0 Å². The molecule has 3 aromatic rings. The van der Waals surface area contributed by atoms with E-state index in [1.807, 2.05) is 37.3 Å². The van der Waals surface area contributed by atoms with E-state index in [1.165, 1.54) is 0 Å². The number of carbonyl (C=O) groups is 2. The second-order valence-corrected chi connectivity index (χ2v) is 8.27. The van der Waals surface area contributed by atoms with Gasteiger partial charge in [-0.3, -0.25) is 9.59 Å². The van der Waals surface area contributed by atoms with E-state index in [-0.39, 0.29) is 17.9 Å². The SMILES string of the molecule is Cc1ccc2c(c1NC(=O)Cc1ccc(C(F)(F)F)c(F)c1)CCN(C(=O)c1ccccc1)C2. The molecule has 1 aliphatic rings. The number of halogens is 4. The molecule has 0 saturated carbocycles. The van der Waals surface area contributed by atoms with E-state index in [2.05, 4.69) is 5.32 Å². The zero-order valence-corrected chi connectivity index (χ0v) is 18.4. The number of aryl methyl sites for hydroxylation is 1. The van der Waals surface area contributed by atoms with Gasteiger partial charge in [0.15, 0.2) is 0 Å². The number of alkyl halides is 3. The number of amides is 2. The molecule has 8 heteroatoms. The maximum atomic E-state index is 13.9. The van der Waals surface area contributed by atoms with Crippen molar-refractivity contribution in [3.8, 4) is 0 Å². The summed E-state index contributed by atoms with van der Waals surface area (Å²) in [5.74, 6) is -1.94. The molecule has 0 aliphatic carbocycles. The van der Waals surface area contributed by atoms with E-state index in [0.29, 0.717) is 36.8 Å². The zero-order chi connectivity index (χ0) is 24.5. The molecule has 0 aromatic heterocycles. The second-order valence-electron chi connectivity index (χ2n) is 8.27. The number of hydrogen-bond acceptors (Lipinski definition) is 2. The van der Waals surface area contributed by atoms with Gasteiger partial charge < -0.3 is 10.2 Å². The van der Waals surface area contributed by atoms with Crippen molar-refractivity contribution >= 4 is 17.5 Å². The molecule has 1 heterocycles. The summed E-state index contributed by atoms with van der Waals surface area (Å²) in [6.45, 7) is 2.72. The third kappa shape index (κ3) is 4.95. The summed E-state index contributed by atoms with van der Waals surface area (Å²) < 4.78 is 52.1. The van der Waals surface area contributed by atoms with Gasteiger partial charge in [0, 0.05) is 24.3 Å². The van der Waals surface area contributed by atoms with Crippen LogP contribution in [0.2, 0.25) is 0 Å². The fourth-order valence-electron chi connectivity index (χ4n) is 4.15. The molecule has 4 rings (SSSR count). The van der Waals surface area contributed by atoms with Gasteiger partial charge in [-0.2, -0.15) is 13.2 Å². The number of anilines is 1. The van der Waals surface area contributed by atoms with Gasteiger partial charge in [-0.1, -0.05) is 36.4 Å². The Bertz CT molecular complexity index is 1240. The normalized spacial score (nSPS) is 13.4. The summed E-state index contributed by atoms with van der Waals surface area (Å²) in [7, 11) is 0. The third-order valence-corrected chi connectivity index (χ3v) is 5.89. The molecule has 0 unspecified atom stereocenters. The minimum atomic E-state index is -4.79. The number of nitrogens with one attached hydrogen (secondary N) is 1. The van der Waals surface area contributed by atoms with Crippen molar-refractivity contribution in [1.29, 1.82) is 0 Å². The fourth-order valence-corrected chi connectivity index (χ4v) is 4.15. The van der Waals surface area contributed by atoms with Crippen LogP contribution < -0.4 is 5.32 Å². The molecule has 2 amide bonds. The van der Waals surface area contributed by atoms with Gasteiger partial charge in [0.1, 0.15) is 5.82 Å². The quantitative estimate of drug-likeness (QED) is 0.510. The van der Waals surface area contributed by atoms with E-state index in [0.717, 1.165) is 28.8 Å². The van der Waals surface area contributed by atoms with Crippen LogP contribution in [0.5, 0.6) is 0 Å². The van der Waals surface area contributed by atoms with Crippen molar-refractivity contribution in [2.45, 2.75) is 32.5 Å². The molecule has 0 spiro atoms. The van der Waals surface area contributed by atoms with Crippen molar-refractivity contribution in [2.24, 2.45) is 0 Å². The summed E-state index contributed by atoms with van der Waals surface area (Å²) in [6.07, 6.45) is -4.52. The predicted octanol–water partition coefficient (Wildman–Crippen LogP) is 5.53. The van der Waals surface area contributed by atoms with Gasteiger partial charge in [0.25, 0.3) is 5.91 Å². The minimum Gasteiger partial charge on any atom is -0.334 e. The zero-order valence-electron chi connectivity index (χ0n) is 18.4. The molecule has 176 valence electrons. The molecule has 1 aliphatic heterocycles. The van der Waals surface area contributed by atoms with E-state index in [4.69, 9.17) is 0 Å². The highest BCUT2D eigenvalue weighted by Crippen LogP contribution is 2.32. The van der Waals surface area contributed by atoms with Crippen molar-refractivity contribution in [3.05, 3.63) is 99.9 Å². The lowest BCUT2D eigenvalue weighted by atomic mass is 9.94. The Morgan fingerprint density at radius 1 is 1.03 bits per heavy atom. The lowest BCUT2D eigenvalue weighted by molar-refractivity contribution is -0.140. The Morgan fingerprint density at radius 2 is 1.76 bits per heavy atom. The van der Waals surface area contributed by atoms with Gasteiger partial charge in [0.05, 0.1) is 12.0 Å². The van der Waals surface area contributed by atoms with Crippen LogP contribution in [-0.2, 0) is 30.4 Å². The highest BCUT2D eigenvalue weighted by molar-refractivity contribution is 5.95. The van der Waals surface area contributed by atoms with E-state index in [1.54, 1.807) is 17.0 Å². The van der Waals surface area contributed by atoms with Crippen molar-refractivity contribution in [2.75, 3.05) is 11.9 Å². The fraction of sp³-hybridized carbons (Fsp3) is 0.231. The van der Waals surface area contributed by atoms with Crippen molar-refractivity contribution in [1.82, 2.24) is 4.90 Å². The highest BCUT2D eigenvalue weighted by atomic mass is 19.4. The highest BCUT2D eigenvalue weighted by Gasteiger charge is 2.34. The lowest BCUT2D eigenvalue weighted by Crippen LogP contribution is -2.36. The number of rotatable bonds is 4. The first-order valence-electron chi connectivity index (χ1n) is 10.7. The van der Waals surface area contributed by atoms with Crippen LogP contribution in [0.15, 0.2) is 60.7 Å². The number of fused-ring (bicyclic) bond motifs is 1. The van der Waals surface area contributed by atoms with Crippen LogP contribution in [0.1, 0.15) is 38.2 Å². The molecular weight excluding hydrogens is 448 g/mol. The smallest absolute Gasteiger partial charge is 0.334 e. The van der Waals surface area contributed by atoms with E-state index in [9.17, 15) is 27.2 Å². The van der Waals surface area contributed by atoms with Gasteiger partial charge in [-0.05, 0) is 59.9 Å². The molecule has 4 nitrogen and oxygen atoms in total. The first kappa shape index (κ1) is 23.5. The summed E-state index contributed by atoms with van der Waals surface area (Å²) >= 11 is 0. The van der Waals surface area contributed by atoms with E-state index < -0.39 is 23.5 Å². The van der Waals surface area contributed by atoms with Crippen LogP contribution in [0, 0.1) is 12.7 Å². The van der Waals surface area contributed by atoms with Gasteiger partial charge in [-0.25, -0.2) is 4.39 Å². The summed E-state index contributed by atoms with van der Waals surface area (Å²) in [6, 6.07) is 15.3. The van der Waals surface area contributed by atoms with Crippen molar-refractivity contribution in [3.63, 3.8) is 0 Å². The van der Waals surface area contributed by atoms with Crippen LogP contribution >= 0.6 is 0 Å². The van der Waals surface area contributed by atoms with Crippen LogP contribution in [0.25, 0.3) is 0 Å². The largest absolute Gasteiger partial charge is 0.419 e. The van der Waals surface area contributed by atoms with Crippen LogP contribution in [0.3, 0.4) is 0 Å². The topological polar surface area (TPSA) is 49.4 Å². The Morgan fingerprint density at radius 3 is 2.44 bits per heavy atom. The van der Waals surface area contributed by atoms with Crippen LogP contribution in [0.4, 0.5) is 23.2 Å². The average molecular weight is 470 g/mol. The van der Waals surface area contributed by atoms with Gasteiger partial charge >= 0.3 is 6.18 Å². The second kappa shape index (κ2) is 9.29. The maximum absolute atomic E-state index is 13.9. The Labute approximate surface area is 194 Å². The molecule has 3 aromatic carbocycles. The standard InChI is InChI=1S/C26H22F4N2O2/c1-16-7-9-19-15-32(25(34)18-5-3-2-4-6-18)12-11-20(19)24(16)31-23(33)14-17-8-10-21(22(27)13-17)26(28,29)30/h2-10,13H,11-12,14-15H2,1H3,(H,31,33). The third-order valence-electron chi connectivity index (χ3n) is 5.89. The molecule has 0 atom stereocenters. The van der Waals surface area contributed by atoms with Gasteiger partial charge in [0.2, 0.25) is 5.91 Å². The molecule has 0 bridgehead atoms. The molecular formula is C26H22F4N2O2. The number of benzene rings is 3. The molecule has 0 fully saturated rings. The molecule has 0 radical (unpaired) electrons.